The minimum atomic E-state index is -0.220. The predicted octanol–water partition coefficient (Wildman–Crippen LogP) is 4.66. The second-order valence-corrected chi connectivity index (χ2v) is 7.16. The van der Waals surface area contributed by atoms with Crippen molar-refractivity contribution in [3.8, 4) is 11.5 Å². The second kappa shape index (κ2) is 6.06. The normalized spacial score (nSPS) is 14.7. The Bertz CT molecular complexity index is 1160. The Morgan fingerprint density at radius 2 is 1.93 bits per heavy atom. The SMILES string of the molecule is COc1cc2c(/C=C3/C(=O)Nc4cc(C)c(O)cc43)c(Cl)n(C)c2cc1C. The number of aryl methyl sites for hydroxylation is 3. The highest BCUT2D eigenvalue weighted by Gasteiger charge is 2.26. The fourth-order valence-corrected chi connectivity index (χ4v) is 3.79. The van der Waals surface area contributed by atoms with Gasteiger partial charge in [-0.25, -0.2) is 0 Å². The van der Waals surface area contributed by atoms with Crippen LogP contribution in [0.1, 0.15) is 22.3 Å². The van der Waals surface area contributed by atoms with Crippen LogP contribution in [0.2, 0.25) is 5.15 Å². The van der Waals surface area contributed by atoms with Crippen molar-refractivity contribution >= 4 is 45.7 Å². The van der Waals surface area contributed by atoms with Gasteiger partial charge in [-0.2, -0.15) is 0 Å². The number of carbonyl (C=O) groups is 1. The standard InChI is InChI=1S/C21H19ClN2O3/c1-10-5-16-12(8-18(10)25)15(21(26)23-16)7-14-13-9-19(27-4)11(2)6-17(13)24(3)20(14)22/h5-9,25H,1-4H3,(H,23,26)/b15-7+. The first-order valence-corrected chi connectivity index (χ1v) is 8.89. The number of nitrogens with one attached hydrogen (secondary N) is 1. The summed E-state index contributed by atoms with van der Waals surface area (Å²) in [7, 11) is 3.51. The number of aromatic nitrogens is 1. The Kier molecular flexibility index (Phi) is 3.93. The highest BCUT2D eigenvalue weighted by molar-refractivity contribution is 6.38. The molecule has 0 saturated carbocycles. The Labute approximate surface area is 161 Å². The quantitative estimate of drug-likeness (QED) is 0.500. The summed E-state index contributed by atoms with van der Waals surface area (Å²) in [6.45, 7) is 3.77. The molecule has 1 aliphatic heterocycles. The number of benzene rings is 2. The summed E-state index contributed by atoms with van der Waals surface area (Å²) in [5.74, 6) is 0.688. The molecule has 0 saturated heterocycles. The van der Waals surface area contributed by atoms with Gasteiger partial charge in [0.05, 0.1) is 12.6 Å². The maximum Gasteiger partial charge on any atom is 0.256 e. The van der Waals surface area contributed by atoms with E-state index in [1.54, 1.807) is 32.2 Å². The van der Waals surface area contributed by atoms with E-state index in [9.17, 15) is 9.90 Å². The molecule has 3 aromatic rings. The molecule has 1 amide bonds. The van der Waals surface area contributed by atoms with Gasteiger partial charge in [0.1, 0.15) is 16.7 Å². The van der Waals surface area contributed by atoms with Crippen LogP contribution >= 0.6 is 11.6 Å². The number of nitrogens with zero attached hydrogens (tertiary/aromatic N) is 1. The van der Waals surface area contributed by atoms with Gasteiger partial charge < -0.3 is 19.7 Å². The first-order chi connectivity index (χ1) is 12.8. The topological polar surface area (TPSA) is 63.5 Å². The summed E-state index contributed by atoms with van der Waals surface area (Å²) in [6, 6.07) is 7.32. The number of anilines is 1. The van der Waals surface area contributed by atoms with E-state index in [1.807, 2.05) is 30.7 Å². The van der Waals surface area contributed by atoms with Crippen LogP contribution in [0.5, 0.6) is 11.5 Å². The van der Waals surface area contributed by atoms with Crippen molar-refractivity contribution in [1.29, 1.82) is 0 Å². The number of halogens is 1. The molecular formula is C21H19ClN2O3. The average molecular weight is 383 g/mol. The Balaban J connectivity index is 1.98. The Morgan fingerprint density at radius 3 is 2.63 bits per heavy atom. The zero-order valence-corrected chi connectivity index (χ0v) is 16.2. The van der Waals surface area contributed by atoms with E-state index < -0.39 is 0 Å². The first-order valence-electron chi connectivity index (χ1n) is 8.51. The summed E-state index contributed by atoms with van der Waals surface area (Å²) < 4.78 is 7.33. The lowest BCUT2D eigenvalue weighted by molar-refractivity contribution is -0.110. The van der Waals surface area contributed by atoms with Crippen LogP contribution in [-0.2, 0) is 11.8 Å². The highest BCUT2D eigenvalue weighted by Crippen LogP contribution is 2.40. The number of hydrogen-bond donors (Lipinski definition) is 2. The molecule has 0 radical (unpaired) electrons. The number of fused-ring (bicyclic) bond motifs is 2. The van der Waals surface area contributed by atoms with Gasteiger partial charge in [-0.3, -0.25) is 4.79 Å². The van der Waals surface area contributed by atoms with Crippen molar-refractivity contribution < 1.29 is 14.6 Å². The van der Waals surface area contributed by atoms with E-state index in [-0.39, 0.29) is 11.7 Å². The third kappa shape index (κ3) is 2.58. The number of phenolic OH excluding ortho intramolecular Hbond substituents is 1. The van der Waals surface area contributed by atoms with Crippen LogP contribution in [0.25, 0.3) is 22.6 Å². The third-order valence-corrected chi connectivity index (χ3v) is 5.55. The molecule has 1 aliphatic rings. The molecule has 0 spiro atoms. The number of rotatable bonds is 2. The molecule has 0 atom stereocenters. The molecular weight excluding hydrogens is 364 g/mol. The Hall–Kier alpha value is -2.92. The van der Waals surface area contributed by atoms with Gasteiger partial charge in [-0.1, -0.05) is 11.6 Å². The van der Waals surface area contributed by atoms with E-state index >= 15 is 0 Å². The van der Waals surface area contributed by atoms with Crippen LogP contribution in [0, 0.1) is 13.8 Å². The molecule has 0 bridgehead atoms. The molecule has 0 fully saturated rings. The van der Waals surface area contributed by atoms with E-state index in [4.69, 9.17) is 16.3 Å². The van der Waals surface area contributed by atoms with Gasteiger partial charge >= 0.3 is 0 Å². The lowest BCUT2D eigenvalue weighted by Gasteiger charge is -2.06. The summed E-state index contributed by atoms with van der Waals surface area (Å²) in [5.41, 5.74) is 5.22. The molecule has 1 aromatic heterocycles. The van der Waals surface area contributed by atoms with Gasteiger partial charge in [-0.05, 0) is 55.3 Å². The number of hydrogen-bond acceptors (Lipinski definition) is 3. The molecule has 138 valence electrons. The van der Waals surface area contributed by atoms with Crippen molar-refractivity contribution in [2.45, 2.75) is 13.8 Å². The maximum absolute atomic E-state index is 12.6. The number of aromatic hydroxyl groups is 1. The first kappa shape index (κ1) is 17.5. The minimum absolute atomic E-state index is 0.150. The summed E-state index contributed by atoms with van der Waals surface area (Å²) in [5, 5.41) is 14.3. The van der Waals surface area contributed by atoms with E-state index in [0.29, 0.717) is 27.5 Å². The van der Waals surface area contributed by atoms with Gasteiger partial charge in [0.25, 0.3) is 5.91 Å². The van der Waals surface area contributed by atoms with E-state index in [1.165, 1.54) is 0 Å². The smallest absolute Gasteiger partial charge is 0.256 e. The van der Waals surface area contributed by atoms with Crippen LogP contribution in [-0.4, -0.2) is 22.7 Å². The number of amides is 1. The minimum Gasteiger partial charge on any atom is -0.508 e. The molecule has 0 unspecified atom stereocenters. The second-order valence-electron chi connectivity index (χ2n) is 6.80. The monoisotopic (exact) mass is 382 g/mol. The molecule has 6 heteroatoms. The van der Waals surface area contributed by atoms with Crippen molar-refractivity contribution in [1.82, 2.24) is 4.57 Å². The average Bonchev–Trinajstić information content (AvgIpc) is 3.04. The molecule has 2 N–H and O–H groups in total. The van der Waals surface area contributed by atoms with E-state index in [2.05, 4.69) is 5.32 Å². The molecule has 4 rings (SSSR count). The van der Waals surface area contributed by atoms with Gasteiger partial charge in [0, 0.05) is 34.8 Å². The predicted molar refractivity (Wildman–Crippen MR) is 109 cm³/mol. The fraction of sp³-hybridized carbons (Fsp3) is 0.190. The lowest BCUT2D eigenvalue weighted by atomic mass is 10.0. The van der Waals surface area contributed by atoms with Crippen LogP contribution < -0.4 is 10.1 Å². The molecule has 2 aromatic carbocycles. The van der Waals surface area contributed by atoms with Crippen molar-refractivity contribution in [2.24, 2.45) is 7.05 Å². The van der Waals surface area contributed by atoms with Crippen molar-refractivity contribution in [3.05, 3.63) is 51.7 Å². The number of methoxy groups -OCH3 is 1. The zero-order chi connectivity index (χ0) is 19.5. The van der Waals surface area contributed by atoms with E-state index in [0.717, 1.165) is 27.8 Å². The molecule has 27 heavy (non-hydrogen) atoms. The zero-order valence-electron chi connectivity index (χ0n) is 15.5. The van der Waals surface area contributed by atoms with Gasteiger partial charge in [0.15, 0.2) is 0 Å². The lowest BCUT2D eigenvalue weighted by Crippen LogP contribution is -2.03. The highest BCUT2D eigenvalue weighted by atomic mass is 35.5. The maximum atomic E-state index is 12.6. The van der Waals surface area contributed by atoms with Crippen molar-refractivity contribution in [2.75, 3.05) is 12.4 Å². The third-order valence-electron chi connectivity index (χ3n) is 5.09. The largest absolute Gasteiger partial charge is 0.508 e. The van der Waals surface area contributed by atoms with Crippen LogP contribution in [0.4, 0.5) is 5.69 Å². The van der Waals surface area contributed by atoms with Crippen LogP contribution in [0.15, 0.2) is 24.3 Å². The number of ether oxygens (including phenoxy) is 1. The molecule has 0 aliphatic carbocycles. The molecule has 5 nitrogen and oxygen atoms in total. The number of carbonyl (C=O) groups excluding carboxylic acids is 1. The van der Waals surface area contributed by atoms with Crippen LogP contribution in [0.3, 0.4) is 0 Å². The van der Waals surface area contributed by atoms with Crippen molar-refractivity contribution in [3.63, 3.8) is 0 Å². The Morgan fingerprint density at radius 1 is 1.19 bits per heavy atom. The number of phenols is 1. The summed E-state index contributed by atoms with van der Waals surface area (Å²) in [4.78, 5) is 12.6. The fourth-order valence-electron chi connectivity index (χ4n) is 3.54. The summed E-state index contributed by atoms with van der Waals surface area (Å²) >= 11 is 6.59. The van der Waals surface area contributed by atoms with Gasteiger partial charge in [-0.15, -0.1) is 0 Å². The summed E-state index contributed by atoms with van der Waals surface area (Å²) in [6.07, 6.45) is 1.77. The molecule has 2 heterocycles. The van der Waals surface area contributed by atoms with Gasteiger partial charge in [0.2, 0.25) is 0 Å².